The lowest BCUT2D eigenvalue weighted by Gasteiger charge is -2.35. The van der Waals surface area contributed by atoms with Crippen molar-refractivity contribution in [2.45, 2.75) is 106 Å². The summed E-state index contributed by atoms with van der Waals surface area (Å²) in [6.07, 6.45) is 3.39. The molecule has 0 N–H and O–H groups in total. The lowest BCUT2D eigenvalue weighted by atomic mass is 10.1. The molecule has 1 fully saturated rings. The monoisotopic (exact) mass is 676 g/mol. The minimum atomic E-state index is -0.593. The second-order valence-electron chi connectivity index (χ2n) is 13.2. The smallest absolute Gasteiger partial charge is 0.410 e. The summed E-state index contributed by atoms with van der Waals surface area (Å²) in [6.45, 7) is 19.1. The van der Waals surface area contributed by atoms with Gasteiger partial charge in [0.15, 0.2) is 11.0 Å². The number of amides is 4. The van der Waals surface area contributed by atoms with Gasteiger partial charge in [-0.2, -0.15) is 0 Å². The van der Waals surface area contributed by atoms with E-state index in [1.807, 2.05) is 53.7 Å². The van der Waals surface area contributed by atoms with Crippen LogP contribution >= 0.6 is 0 Å². The van der Waals surface area contributed by atoms with Gasteiger partial charge in [0.2, 0.25) is 0 Å². The first-order valence-corrected chi connectivity index (χ1v) is 17.9. The summed E-state index contributed by atoms with van der Waals surface area (Å²) in [5.74, 6) is 0.560. The fourth-order valence-electron chi connectivity index (χ4n) is 6.34. The molecule has 3 heterocycles. The fraction of sp³-hybridized carbons (Fsp3) is 0.553. The van der Waals surface area contributed by atoms with Crippen molar-refractivity contribution in [3.05, 3.63) is 58.9 Å². The van der Waals surface area contributed by atoms with Gasteiger partial charge >= 0.3 is 6.09 Å². The molecule has 1 saturated heterocycles. The Balaban J connectivity index is 0.00000265. The number of nitrogens with zero attached hydrogens (tertiary/aromatic N) is 5. The molecule has 0 bridgehead atoms. The van der Waals surface area contributed by atoms with E-state index in [0.717, 1.165) is 42.5 Å². The molecule has 266 valence electrons. The number of imidazole rings is 1. The predicted octanol–water partition coefficient (Wildman–Crippen LogP) is 6.44. The van der Waals surface area contributed by atoms with E-state index in [2.05, 4.69) is 23.0 Å². The quantitative estimate of drug-likeness (QED) is 0.132. The van der Waals surface area contributed by atoms with Gasteiger partial charge in [0.25, 0.3) is 23.5 Å². The summed E-state index contributed by atoms with van der Waals surface area (Å²) < 4.78 is 16.1. The molecule has 1 aromatic heterocycles. The van der Waals surface area contributed by atoms with Gasteiger partial charge in [-0.1, -0.05) is 52.7 Å². The molecule has 49 heavy (non-hydrogen) atoms. The van der Waals surface area contributed by atoms with Crippen molar-refractivity contribution in [2.75, 3.05) is 32.8 Å². The predicted molar refractivity (Wildman–Crippen MR) is 189 cm³/mol. The number of aryl methyl sites for hydroxylation is 2. The molecule has 2 aromatic carbocycles. The number of aromatic nitrogens is 2. The highest BCUT2D eigenvalue weighted by Gasteiger charge is 2.39. The number of hydrogen-bond donors (Lipinski definition) is 0. The lowest BCUT2D eigenvalue weighted by molar-refractivity contribution is -0.680. The van der Waals surface area contributed by atoms with Gasteiger partial charge in [-0.25, -0.2) is 13.9 Å². The number of unbranched alkanes of at least 4 members (excludes halogenated alkanes) is 2. The van der Waals surface area contributed by atoms with Crippen LogP contribution in [0.1, 0.15) is 118 Å². The van der Waals surface area contributed by atoms with Crippen LogP contribution in [0.15, 0.2) is 36.4 Å². The summed E-state index contributed by atoms with van der Waals surface area (Å²) in [4.78, 5) is 58.2. The standard InChI is InChI=1S/C36H48N5O6.C2H6/c1-7-10-13-21-46-30-23-29-28(22-27(30)32(42)37-17-19-38(20-18-37)35(45)47-36(4,5)6)39(9-3)31(40(29)16-8-2)24-41-33(43)25-14-11-12-15-26(25)34(41)44;1-2/h11-12,14-15,22-23H,7-10,13,16-21,24H2,1-6H3;1-2H3/q+1;. The third kappa shape index (κ3) is 8.08. The van der Waals surface area contributed by atoms with E-state index < -0.39 is 5.60 Å². The molecule has 5 rings (SSSR count). The zero-order valence-electron chi connectivity index (χ0n) is 30.6. The molecule has 0 radical (unpaired) electrons. The van der Waals surface area contributed by atoms with Gasteiger partial charge in [-0.05, 0) is 52.7 Å². The fourth-order valence-corrected chi connectivity index (χ4v) is 6.34. The topological polar surface area (TPSA) is 105 Å². The largest absolute Gasteiger partial charge is 0.493 e. The Morgan fingerprint density at radius 1 is 0.857 bits per heavy atom. The number of ether oxygens (including phenoxy) is 2. The van der Waals surface area contributed by atoms with Gasteiger partial charge in [0.05, 0.1) is 36.4 Å². The molecular formula is C38H54N5O6+. The molecule has 0 saturated carbocycles. The minimum Gasteiger partial charge on any atom is -0.493 e. The molecule has 0 unspecified atom stereocenters. The van der Waals surface area contributed by atoms with Crippen LogP contribution in [0.25, 0.3) is 11.0 Å². The van der Waals surface area contributed by atoms with Gasteiger partial charge in [-0.3, -0.25) is 19.3 Å². The highest BCUT2D eigenvalue weighted by Crippen LogP contribution is 2.30. The van der Waals surface area contributed by atoms with E-state index >= 15 is 0 Å². The van der Waals surface area contributed by atoms with E-state index in [0.29, 0.717) is 68.3 Å². The first-order chi connectivity index (χ1) is 23.5. The maximum Gasteiger partial charge on any atom is 0.410 e. The van der Waals surface area contributed by atoms with Crippen LogP contribution < -0.4 is 9.30 Å². The molecule has 2 aliphatic heterocycles. The summed E-state index contributed by atoms with van der Waals surface area (Å²) >= 11 is 0. The molecule has 0 aliphatic carbocycles. The zero-order chi connectivity index (χ0) is 35.9. The number of hydrogen-bond acceptors (Lipinski definition) is 6. The number of rotatable bonds is 11. The zero-order valence-corrected chi connectivity index (χ0v) is 30.6. The van der Waals surface area contributed by atoms with Crippen LogP contribution in [-0.4, -0.2) is 81.5 Å². The normalized spacial score (nSPS) is 14.6. The van der Waals surface area contributed by atoms with Gasteiger partial charge < -0.3 is 19.3 Å². The maximum atomic E-state index is 14.2. The first-order valence-electron chi connectivity index (χ1n) is 17.9. The molecule has 3 aromatic rings. The van der Waals surface area contributed by atoms with Crippen LogP contribution in [0, 0.1) is 0 Å². The van der Waals surface area contributed by atoms with Crippen LogP contribution in [-0.2, 0) is 24.4 Å². The van der Waals surface area contributed by atoms with Crippen molar-refractivity contribution >= 4 is 34.8 Å². The average Bonchev–Trinajstić information content (AvgIpc) is 3.51. The second-order valence-corrected chi connectivity index (χ2v) is 13.2. The third-order valence-corrected chi connectivity index (χ3v) is 8.68. The third-order valence-electron chi connectivity index (χ3n) is 8.68. The number of fused-ring (bicyclic) bond motifs is 2. The first kappa shape index (κ1) is 37.4. The van der Waals surface area contributed by atoms with Gasteiger partial charge in [0.1, 0.15) is 17.9 Å². The summed E-state index contributed by atoms with van der Waals surface area (Å²) in [6, 6.07) is 10.8. The van der Waals surface area contributed by atoms with Crippen molar-refractivity contribution in [1.82, 2.24) is 19.3 Å². The molecule has 4 amide bonds. The Labute approximate surface area is 290 Å². The molecule has 11 nitrogen and oxygen atoms in total. The Morgan fingerprint density at radius 2 is 1.47 bits per heavy atom. The van der Waals surface area contributed by atoms with E-state index in [-0.39, 0.29) is 30.4 Å². The van der Waals surface area contributed by atoms with Crippen LogP contribution in [0.5, 0.6) is 5.75 Å². The number of carbonyl (C=O) groups is 4. The van der Waals surface area contributed by atoms with Crippen molar-refractivity contribution < 1.29 is 33.2 Å². The number of imide groups is 1. The van der Waals surface area contributed by atoms with E-state index in [9.17, 15) is 19.2 Å². The summed E-state index contributed by atoms with van der Waals surface area (Å²) in [5, 5.41) is 0. The molecule has 11 heteroatoms. The van der Waals surface area contributed by atoms with E-state index in [1.54, 1.807) is 34.1 Å². The average molecular weight is 677 g/mol. The van der Waals surface area contributed by atoms with Gasteiger partial charge in [0, 0.05) is 38.3 Å². The van der Waals surface area contributed by atoms with Crippen LogP contribution in [0.4, 0.5) is 4.79 Å². The summed E-state index contributed by atoms with van der Waals surface area (Å²) in [7, 11) is 0. The summed E-state index contributed by atoms with van der Waals surface area (Å²) in [5.41, 5.74) is 2.43. The maximum absolute atomic E-state index is 14.2. The van der Waals surface area contributed by atoms with Crippen molar-refractivity contribution in [2.24, 2.45) is 0 Å². The van der Waals surface area contributed by atoms with E-state index in [1.165, 1.54) is 4.90 Å². The molecule has 0 atom stereocenters. The van der Waals surface area contributed by atoms with Crippen LogP contribution in [0.2, 0.25) is 0 Å². The highest BCUT2D eigenvalue weighted by atomic mass is 16.6. The Morgan fingerprint density at radius 3 is 2.02 bits per heavy atom. The number of carbonyl (C=O) groups excluding carboxylic acids is 4. The van der Waals surface area contributed by atoms with E-state index in [4.69, 9.17) is 9.47 Å². The highest BCUT2D eigenvalue weighted by molar-refractivity contribution is 6.21. The van der Waals surface area contributed by atoms with Crippen molar-refractivity contribution in [1.29, 1.82) is 0 Å². The SMILES string of the molecule is CC.CCCCCOc1cc2c(cc1C(=O)N1CCN(C(=O)OC(C)(C)C)CC1)n(CC)c(CN1C(=O)c3ccccc3C1=O)[n+]2CCC. The Bertz CT molecular complexity index is 1630. The van der Waals surface area contributed by atoms with Crippen molar-refractivity contribution in [3.63, 3.8) is 0 Å². The molecule has 2 aliphatic rings. The Kier molecular flexibility index (Phi) is 12.5. The number of piperazine rings is 1. The minimum absolute atomic E-state index is 0.109. The second kappa shape index (κ2) is 16.3. The van der Waals surface area contributed by atoms with Crippen LogP contribution in [0.3, 0.4) is 0 Å². The molecule has 0 spiro atoms. The molecular weight excluding hydrogens is 622 g/mol. The lowest BCUT2D eigenvalue weighted by Crippen LogP contribution is -2.51. The van der Waals surface area contributed by atoms with Gasteiger partial charge in [-0.15, -0.1) is 0 Å². The number of benzene rings is 2. The van der Waals surface area contributed by atoms with Crippen molar-refractivity contribution in [3.8, 4) is 5.75 Å². The Hall–Kier alpha value is -4.41.